The van der Waals surface area contributed by atoms with Crippen molar-refractivity contribution >= 4 is 39.5 Å². The number of hydrogen-bond donors (Lipinski definition) is 3. The number of carbonyl (C=O) groups is 4. The summed E-state index contributed by atoms with van der Waals surface area (Å²) in [6.07, 6.45) is 45.9. The van der Waals surface area contributed by atoms with Crippen molar-refractivity contribution in [1.29, 1.82) is 0 Å². The number of rotatable bonds is 70. The molecule has 0 heterocycles. The quantitative estimate of drug-likeness (QED) is 0.0222. The Morgan fingerprint density at radius 2 is 0.522 bits per heavy atom. The molecule has 0 aliphatic heterocycles. The zero-order valence-electron chi connectivity index (χ0n) is 60.2. The van der Waals surface area contributed by atoms with Crippen molar-refractivity contribution in [1.82, 2.24) is 0 Å². The van der Waals surface area contributed by atoms with Crippen LogP contribution in [0.25, 0.3) is 0 Å². The van der Waals surface area contributed by atoms with Gasteiger partial charge in [0, 0.05) is 25.7 Å². The largest absolute Gasteiger partial charge is 0.472 e. The Morgan fingerprint density at radius 3 is 0.772 bits per heavy atom. The summed E-state index contributed by atoms with van der Waals surface area (Å²) in [6, 6.07) is 0. The lowest BCUT2D eigenvalue weighted by molar-refractivity contribution is -0.161. The Labute approximate surface area is 562 Å². The molecular formula is C73H142O17P2. The van der Waals surface area contributed by atoms with E-state index in [9.17, 15) is 43.2 Å². The molecule has 0 aromatic carbocycles. The molecule has 0 spiro atoms. The van der Waals surface area contributed by atoms with Crippen molar-refractivity contribution in [3.05, 3.63) is 0 Å². The molecule has 7 atom stereocenters. The minimum absolute atomic E-state index is 0.103. The molecule has 17 nitrogen and oxygen atoms in total. The van der Waals surface area contributed by atoms with Crippen LogP contribution in [0.5, 0.6) is 0 Å². The molecule has 0 saturated heterocycles. The summed E-state index contributed by atoms with van der Waals surface area (Å²) >= 11 is 0. The first-order valence-electron chi connectivity index (χ1n) is 37.8. The van der Waals surface area contributed by atoms with E-state index in [1.54, 1.807) is 0 Å². The van der Waals surface area contributed by atoms with E-state index < -0.39 is 97.5 Å². The second kappa shape index (κ2) is 62.6. The van der Waals surface area contributed by atoms with Gasteiger partial charge in [-0.25, -0.2) is 9.13 Å². The monoisotopic (exact) mass is 1350 g/mol. The highest BCUT2D eigenvalue weighted by Gasteiger charge is 2.30. The van der Waals surface area contributed by atoms with Gasteiger partial charge >= 0.3 is 39.5 Å². The fourth-order valence-electron chi connectivity index (χ4n) is 11.0. The van der Waals surface area contributed by atoms with Gasteiger partial charge in [-0.2, -0.15) is 0 Å². The Bertz CT molecular complexity index is 1820. The van der Waals surface area contributed by atoms with Gasteiger partial charge in [0.1, 0.15) is 19.3 Å². The number of aliphatic hydroxyl groups excluding tert-OH is 1. The molecule has 0 aliphatic rings. The molecule has 19 heteroatoms. The van der Waals surface area contributed by atoms with Gasteiger partial charge in [0.15, 0.2) is 12.2 Å². The van der Waals surface area contributed by atoms with Crippen LogP contribution in [0.3, 0.4) is 0 Å². The third-order valence-corrected chi connectivity index (χ3v) is 19.4. The van der Waals surface area contributed by atoms with Gasteiger partial charge in [-0.15, -0.1) is 0 Å². The molecule has 0 radical (unpaired) electrons. The van der Waals surface area contributed by atoms with Crippen LogP contribution in [0.4, 0.5) is 0 Å². The highest BCUT2D eigenvalue weighted by molar-refractivity contribution is 7.47. The van der Waals surface area contributed by atoms with Crippen LogP contribution in [0.15, 0.2) is 0 Å². The molecule has 0 aliphatic carbocycles. The standard InChI is InChI=1S/C73H142O17P2/c1-9-65(7)51-43-35-29-31-38-46-54-71(76)84-60-68(89-72(77)55-47-39-28-24-20-16-12-14-18-22-26-34-42-50-64(5)6)61-87-91(79,80)85-57-67(74)58-86-92(81,82)88-62-69(90-73(78)56-48-40-32-30-36-44-52-66(8)10-2)59-83-70(75)53-45-37-27-23-19-15-11-13-17-21-25-33-41-49-63(3)4/h63-69,74H,9-62H2,1-8H3,(H,79,80)(H,81,82)/t65?,66?,67-,68+,69+/m0/s1. The Hall–Kier alpha value is -1.94. The molecule has 0 saturated carbocycles. The molecule has 0 amide bonds. The van der Waals surface area contributed by atoms with Crippen molar-refractivity contribution in [3.8, 4) is 0 Å². The summed E-state index contributed by atoms with van der Waals surface area (Å²) in [6.45, 7) is 14.1. The summed E-state index contributed by atoms with van der Waals surface area (Å²) in [5.41, 5.74) is 0. The lowest BCUT2D eigenvalue weighted by Crippen LogP contribution is -2.30. The smallest absolute Gasteiger partial charge is 0.462 e. The van der Waals surface area contributed by atoms with E-state index in [1.165, 1.54) is 161 Å². The molecule has 546 valence electrons. The number of carbonyl (C=O) groups excluding carboxylic acids is 4. The molecule has 0 aromatic heterocycles. The average Bonchev–Trinajstić information content (AvgIpc) is 1.55. The van der Waals surface area contributed by atoms with Gasteiger partial charge < -0.3 is 33.8 Å². The summed E-state index contributed by atoms with van der Waals surface area (Å²) < 4.78 is 68.4. The number of phosphoric acid groups is 2. The first-order valence-corrected chi connectivity index (χ1v) is 40.8. The maximum Gasteiger partial charge on any atom is 0.472 e. The summed E-state index contributed by atoms with van der Waals surface area (Å²) in [5.74, 6) is 0.900. The minimum atomic E-state index is -4.95. The van der Waals surface area contributed by atoms with Crippen LogP contribution >= 0.6 is 15.6 Å². The first kappa shape index (κ1) is 90.1. The van der Waals surface area contributed by atoms with Crippen molar-refractivity contribution in [2.24, 2.45) is 23.7 Å². The third-order valence-electron chi connectivity index (χ3n) is 17.5. The van der Waals surface area contributed by atoms with Crippen LogP contribution in [-0.2, 0) is 65.4 Å². The average molecular weight is 1350 g/mol. The third kappa shape index (κ3) is 64.1. The second-order valence-electron chi connectivity index (χ2n) is 27.8. The van der Waals surface area contributed by atoms with Crippen molar-refractivity contribution in [2.75, 3.05) is 39.6 Å². The predicted molar refractivity (Wildman–Crippen MR) is 372 cm³/mol. The SMILES string of the molecule is CCC(C)CCCCCCCCC(=O)OC[C@H](COP(=O)(O)OC[C@H](O)COP(=O)(O)OC[C@@H](COC(=O)CCCCCCCCCCCCCCCC(C)C)OC(=O)CCCCCCCCC(C)CC)OC(=O)CCCCCCCCCCCCCCCC(C)C. The lowest BCUT2D eigenvalue weighted by Gasteiger charge is -2.21. The van der Waals surface area contributed by atoms with E-state index >= 15 is 0 Å². The zero-order chi connectivity index (χ0) is 68.2. The van der Waals surface area contributed by atoms with E-state index in [-0.39, 0.29) is 25.7 Å². The number of unbranched alkanes of at least 4 members (excludes halogenated alkanes) is 34. The maximum atomic E-state index is 13.0. The van der Waals surface area contributed by atoms with Crippen LogP contribution < -0.4 is 0 Å². The van der Waals surface area contributed by atoms with Gasteiger partial charge in [-0.1, -0.05) is 312 Å². The van der Waals surface area contributed by atoms with Crippen LogP contribution in [-0.4, -0.2) is 96.7 Å². The van der Waals surface area contributed by atoms with Crippen LogP contribution in [0, 0.1) is 23.7 Å². The van der Waals surface area contributed by atoms with Gasteiger partial charge in [0.05, 0.1) is 26.4 Å². The Balaban J connectivity index is 5.22. The highest BCUT2D eigenvalue weighted by Crippen LogP contribution is 2.45. The number of esters is 4. The van der Waals surface area contributed by atoms with E-state index in [0.29, 0.717) is 25.7 Å². The highest BCUT2D eigenvalue weighted by atomic mass is 31.2. The number of aliphatic hydroxyl groups is 1. The van der Waals surface area contributed by atoms with Gasteiger partial charge in [0.25, 0.3) is 0 Å². The zero-order valence-corrected chi connectivity index (χ0v) is 62.0. The predicted octanol–water partition coefficient (Wildman–Crippen LogP) is 20.9. The fourth-order valence-corrected chi connectivity index (χ4v) is 12.5. The number of hydrogen-bond acceptors (Lipinski definition) is 15. The first-order chi connectivity index (χ1) is 44.2. The van der Waals surface area contributed by atoms with E-state index in [4.69, 9.17) is 37.0 Å². The van der Waals surface area contributed by atoms with Crippen LogP contribution in [0.1, 0.15) is 364 Å². The fraction of sp³-hybridized carbons (Fsp3) is 0.945. The molecular weight excluding hydrogens is 1210 g/mol. The van der Waals surface area contributed by atoms with Gasteiger partial charge in [-0.05, 0) is 49.4 Å². The van der Waals surface area contributed by atoms with Gasteiger partial charge in [-0.3, -0.25) is 37.3 Å². The lowest BCUT2D eigenvalue weighted by atomic mass is 10.00. The maximum absolute atomic E-state index is 13.0. The Kier molecular flexibility index (Phi) is 61.3. The van der Waals surface area contributed by atoms with Crippen molar-refractivity contribution in [2.45, 2.75) is 382 Å². The molecule has 0 rings (SSSR count). The molecule has 0 aromatic rings. The second-order valence-corrected chi connectivity index (χ2v) is 30.7. The molecule has 3 N–H and O–H groups in total. The van der Waals surface area contributed by atoms with Crippen molar-refractivity contribution < 1.29 is 80.2 Å². The van der Waals surface area contributed by atoms with E-state index in [2.05, 4.69) is 55.4 Å². The normalized spacial score (nSPS) is 14.8. The van der Waals surface area contributed by atoms with E-state index in [1.807, 2.05) is 0 Å². The molecule has 0 bridgehead atoms. The minimum Gasteiger partial charge on any atom is -0.462 e. The van der Waals surface area contributed by atoms with Crippen molar-refractivity contribution in [3.63, 3.8) is 0 Å². The number of ether oxygens (including phenoxy) is 4. The summed E-state index contributed by atoms with van der Waals surface area (Å²) in [7, 11) is -9.91. The topological polar surface area (TPSA) is 237 Å². The molecule has 0 fully saturated rings. The molecule has 4 unspecified atom stereocenters. The number of phosphoric ester groups is 2. The summed E-state index contributed by atoms with van der Waals surface area (Å²) in [4.78, 5) is 72.7. The van der Waals surface area contributed by atoms with Crippen LogP contribution in [0.2, 0.25) is 0 Å². The molecule has 92 heavy (non-hydrogen) atoms. The summed E-state index contributed by atoms with van der Waals surface area (Å²) in [5, 5.41) is 10.6. The van der Waals surface area contributed by atoms with E-state index in [0.717, 1.165) is 120 Å². The Morgan fingerprint density at radius 1 is 0.304 bits per heavy atom. The van der Waals surface area contributed by atoms with Gasteiger partial charge in [0.2, 0.25) is 0 Å².